The fourth-order valence-electron chi connectivity index (χ4n) is 3.63. The summed E-state index contributed by atoms with van der Waals surface area (Å²) in [4.78, 5) is 4.94. The van der Waals surface area contributed by atoms with Gasteiger partial charge in [0, 0.05) is 38.3 Å². The lowest BCUT2D eigenvalue weighted by Crippen LogP contribution is -2.46. The molecule has 0 radical (unpaired) electrons. The standard InChI is InChI=1S/C22H26N4O/c1-17-7-6-8-19(15-17)16-25-11-13-26(14-12-25)18(2)21-23-24-22(27-21)20-9-4-3-5-10-20/h3-10,15,18H,11-14,16H2,1-2H3/t18-/m1/s1. The van der Waals surface area contributed by atoms with E-state index in [9.17, 15) is 0 Å². The summed E-state index contributed by atoms with van der Waals surface area (Å²) in [6.45, 7) is 9.44. The molecule has 0 amide bonds. The van der Waals surface area contributed by atoms with Crippen molar-refractivity contribution in [2.24, 2.45) is 0 Å². The molecule has 0 saturated carbocycles. The van der Waals surface area contributed by atoms with Crippen LogP contribution in [0.25, 0.3) is 11.5 Å². The van der Waals surface area contributed by atoms with Crippen LogP contribution in [0, 0.1) is 6.92 Å². The molecule has 1 aliphatic heterocycles. The second-order valence-electron chi connectivity index (χ2n) is 7.29. The van der Waals surface area contributed by atoms with E-state index in [1.807, 2.05) is 30.3 Å². The molecule has 1 fully saturated rings. The first-order valence-corrected chi connectivity index (χ1v) is 9.60. The Bertz CT molecular complexity index is 869. The Morgan fingerprint density at radius 3 is 2.48 bits per heavy atom. The number of hydrogen-bond acceptors (Lipinski definition) is 5. The summed E-state index contributed by atoms with van der Waals surface area (Å²) < 4.78 is 5.94. The first-order valence-electron chi connectivity index (χ1n) is 9.60. The highest BCUT2D eigenvalue weighted by molar-refractivity contribution is 5.51. The highest BCUT2D eigenvalue weighted by atomic mass is 16.4. The number of nitrogens with zero attached hydrogens (tertiary/aromatic N) is 4. The number of aromatic nitrogens is 2. The van der Waals surface area contributed by atoms with Crippen molar-refractivity contribution in [1.29, 1.82) is 0 Å². The maximum atomic E-state index is 5.94. The minimum absolute atomic E-state index is 0.135. The van der Waals surface area contributed by atoms with Gasteiger partial charge in [-0.3, -0.25) is 9.80 Å². The van der Waals surface area contributed by atoms with Crippen molar-refractivity contribution in [2.75, 3.05) is 26.2 Å². The van der Waals surface area contributed by atoms with E-state index >= 15 is 0 Å². The third-order valence-corrected chi connectivity index (χ3v) is 5.26. The topological polar surface area (TPSA) is 45.4 Å². The van der Waals surface area contributed by atoms with Gasteiger partial charge in [-0.15, -0.1) is 10.2 Å². The third kappa shape index (κ3) is 4.26. The van der Waals surface area contributed by atoms with Crippen molar-refractivity contribution < 1.29 is 4.42 Å². The molecule has 140 valence electrons. The van der Waals surface area contributed by atoms with Crippen LogP contribution in [-0.2, 0) is 6.54 Å². The predicted octanol–water partition coefficient (Wildman–Crippen LogP) is 3.92. The maximum absolute atomic E-state index is 5.94. The van der Waals surface area contributed by atoms with Gasteiger partial charge in [-0.1, -0.05) is 48.0 Å². The number of hydrogen-bond donors (Lipinski definition) is 0. The Kier molecular flexibility index (Phi) is 5.32. The highest BCUT2D eigenvalue weighted by Gasteiger charge is 2.25. The van der Waals surface area contributed by atoms with E-state index in [-0.39, 0.29) is 6.04 Å². The average Bonchev–Trinajstić information content (AvgIpc) is 3.19. The fourth-order valence-corrected chi connectivity index (χ4v) is 3.63. The molecule has 0 N–H and O–H groups in total. The van der Waals surface area contributed by atoms with Gasteiger partial charge >= 0.3 is 0 Å². The van der Waals surface area contributed by atoms with E-state index < -0.39 is 0 Å². The molecule has 5 nitrogen and oxygen atoms in total. The Balaban J connectivity index is 1.35. The van der Waals surface area contributed by atoms with Crippen LogP contribution in [0.15, 0.2) is 59.0 Å². The van der Waals surface area contributed by atoms with Gasteiger partial charge in [0.05, 0.1) is 6.04 Å². The maximum Gasteiger partial charge on any atom is 0.247 e. The molecular formula is C22H26N4O. The molecule has 27 heavy (non-hydrogen) atoms. The highest BCUT2D eigenvalue weighted by Crippen LogP contribution is 2.25. The fraction of sp³-hybridized carbons (Fsp3) is 0.364. The molecule has 2 aromatic carbocycles. The summed E-state index contributed by atoms with van der Waals surface area (Å²) in [6.07, 6.45) is 0. The van der Waals surface area contributed by atoms with Gasteiger partial charge < -0.3 is 4.42 Å². The van der Waals surface area contributed by atoms with E-state index in [1.54, 1.807) is 0 Å². The number of benzene rings is 2. The van der Waals surface area contributed by atoms with E-state index in [0.717, 1.165) is 38.3 Å². The molecule has 2 heterocycles. The molecule has 5 heteroatoms. The lowest BCUT2D eigenvalue weighted by molar-refractivity contribution is 0.0876. The van der Waals surface area contributed by atoms with Gasteiger partial charge in [0.25, 0.3) is 0 Å². The zero-order valence-electron chi connectivity index (χ0n) is 16.0. The van der Waals surface area contributed by atoms with Crippen molar-refractivity contribution in [3.63, 3.8) is 0 Å². The van der Waals surface area contributed by atoms with Crippen molar-refractivity contribution in [2.45, 2.75) is 26.4 Å². The van der Waals surface area contributed by atoms with E-state index in [4.69, 9.17) is 4.42 Å². The van der Waals surface area contributed by atoms with Crippen molar-refractivity contribution in [3.05, 3.63) is 71.6 Å². The summed E-state index contributed by atoms with van der Waals surface area (Å²) in [7, 11) is 0. The van der Waals surface area contributed by atoms with E-state index in [2.05, 4.69) is 58.1 Å². The molecule has 0 bridgehead atoms. The molecular weight excluding hydrogens is 336 g/mol. The number of aryl methyl sites for hydroxylation is 1. The van der Waals surface area contributed by atoms with Crippen LogP contribution in [0.5, 0.6) is 0 Å². The second kappa shape index (κ2) is 8.03. The first kappa shape index (κ1) is 17.9. The first-order chi connectivity index (χ1) is 13.2. The third-order valence-electron chi connectivity index (χ3n) is 5.26. The van der Waals surface area contributed by atoms with Gasteiger partial charge in [0.15, 0.2) is 0 Å². The molecule has 1 atom stereocenters. The van der Waals surface area contributed by atoms with Crippen LogP contribution < -0.4 is 0 Å². The summed E-state index contributed by atoms with van der Waals surface area (Å²) in [5.74, 6) is 1.29. The minimum Gasteiger partial charge on any atom is -0.419 e. The zero-order chi connectivity index (χ0) is 18.6. The molecule has 0 aliphatic carbocycles. The van der Waals surface area contributed by atoms with Gasteiger partial charge in [0.1, 0.15) is 0 Å². The van der Waals surface area contributed by atoms with Crippen molar-refractivity contribution >= 4 is 0 Å². The Morgan fingerprint density at radius 2 is 1.74 bits per heavy atom. The van der Waals surface area contributed by atoms with Crippen LogP contribution >= 0.6 is 0 Å². The van der Waals surface area contributed by atoms with Crippen molar-refractivity contribution in [3.8, 4) is 11.5 Å². The normalized spacial score (nSPS) is 17.1. The van der Waals surface area contributed by atoms with Crippen LogP contribution in [0.1, 0.15) is 30.0 Å². The van der Waals surface area contributed by atoms with Crippen molar-refractivity contribution in [1.82, 2.24) is 20.0 Å². The average molecular weight is 362 g/mol. The largest absolute Gasteiger partial charge is 0.419 e. The smallest absolute Gasteiger partial charge is 0.247 e. The Morgan fingerprint density at radius 1 is 0.963 bits per heavy atom. The van der Waals surface area contributed by atoms with Crippen LogP contribution in [-0.4, -0.2) is 46.2 Å². The van der Waals surface area contributed by atoms with Gasteiger partial charge in [-0.2, -0.15) is 0 Å². The van der Waals surface area contributed by atoms with E-state index in [1.165, 1.54) is 11.1 Å². The summed E-state index contributed by atoms with van der Waals surface area (Å²) in [5.41, 5.74) is 3.68. The molecule has 1 aliphatic rings. The number of rotatable bonds is 5. The lowest BCUT2D eigenvalue weighted by Gasteiger charge is -2.36. The Labute approximate surface area is 160 Å². The van der Waals surface area contributed by atoms with Crippen LogP contribution in [0.2, 0.25) is 0 Å². The molecule has 4 rings (SSSR count). The molecule has 0 spiro atoms. The van der Waals surface area contributed by atoms with E-state index in [0.29, 0.717) is 11.8 Å². The lowest BCUT2D eigenvalue weighted by atomic mass is 10.1. The van der Waals surface area contributed by atoms with Gasteiger partial charge in [-0.05, 0) is 31.5 Å². The molecule has 0 unspecified atom stereocenters. The van der Waals surface area contributed by atoms with Crippen LogP contribution in [0.4, 0.5) is 0 Å². The van der Waals surface area contributed by atoms with Gasteiger partial charge in [0.2, 0.25) is 11.8 Å². The number of piperazine rings is 1. The predicted molar refractivity (Wildman–Crippen MR) is 106 cm³/mol. The quantitative estimate of drug-likeness (QED) is 0.688. The Hall–Kier alpha value is -2.50. The van der Waals surface area contributed by atoms with Gasteiger partial charge in [-0.25, -0.2) is 0 Å². The molecule has 1 aromatic heterocycles. The molecule has 3 aromatic rings. The van der Waals surface area contributed by atoms with Crippen LogP contribution in [0.3, 0.4) is 0 Å². The zero-order valence-corrected chi connectivity index (χ0v) is 16.0. The molecule has 1 saturated heterocycles. The summed E-state index contributed by atoms with van der Waals surface area (Å²) in [5, 5.41) is 8.52. The minimum atomic E-state index is 0.135. The monoisotopic (exact) mass is 362 g/mol. The summed E-state index contributed by atoms with van der Waals surface area (Å²) >= 11 is 0. The second-order valence-corrected chi connectivity index (χ2v) is 7.29. The SMILES string of the molecule is Cc1cccc(CN2CCN([C@H](C)c3nnc(-c4ccccc4)o3)CC2)c1. The summed E-state index contributed by atoms with van der Waals surface area (Å²) in [6, 6.07) is 18.9.